The fourth-order valence-electron chi connectivity index (χ4n) is 10.7. The fourth-order valence-corrected chi connectivity index (χ4v) is 11.6. The number of ether oxygens (including phenoxy) is 1. The van der Waals surface area contributed by atoms with E-state index in [-0.39, 0.29) is 72.2 Å². The number of aromatic amines is 1. The summed E-state index contributed by atoms with van der Waals surface area (Å²) in [5.74, 6) is -0.707. The minimum atomic E-state index is -4.67. The predicted molar refractivity (Wildman–Crippen MR) is 238 cm³/mol. The zero-order valence-corrected chi connectivity index (χ0v) is 37.5. The third-order valence-electron chi connectivity index (χ3n) is 14.6. The average molecular weight is 923 g/mol. The van der Waals surface area contributed by atoms with E-state index < -0.39 is 48.7 Å². The van der Waals surface area contributed by atoms with Crippen molar-refractivity contribution in [1.29, 1.82) is 0 Å². The fraction of sp³-hybridized carbons (Fsp3) is 0.522. The first-order valence-electron chi connectivity index (χ1n) is 22.1. The number of aromatic nitrogens is 2. The van der Waals surface area contributed by atoms with Gasteiger partial charge in [-0.15, -0.1) is 0 Å². The molecular formula is C46H54F4N8O6S. The Morgan fingerprint density at radius 3 is 2.40 bits per heavy atom. The van der Waals surface area contributed by atoms with Gasteiger partial charge < -0.3 is 24.8 Å². The molecule has 10 rings (SSSR count). The average Bonchev–Trinajstić information content (AvgIpc) is 3.69. The van der Waals surface area contributed by atoms with E-state index in [0.717, 1.165) is 49.0 Å². The highest BCUT2D eigenvalue weighted by Gasteiger charge is 2.79. The van der Waals surface area contributed by atoms with Crippen molar-refractivity contribution >= 4 is 44.0 Å². The standard InChI is InChI=1S/C46H54F4N8O6S/c1-42(2)10-8-31(36(23-42)43-26-44(27-43,28-43)46(48,49)50)25-56-16-18-57(19-17-56)32-4-6-35(39(21-32)64-33-20-30-9-13-51-40(30)52-24-33)41(59)54-65(62,63)34-5-7-37(38(22-34)58(60)61)53-29-45(47)11-14-55(3)15-12-45/h4-7,9,13,20-22,24,53H,8,10-12,14-19,23,25-29H2,1-3H3,(H,51,52)(H,54,59). The number of rotatable bonds is 13. The second-order valence-electron chi connectivity index (χ2n) is 19.8. The number of piperidine rings is 1. The van der Waals surface area contributed by atoms with Crippen LogP contribution in [-0.2, 0) is 10.0 Å². The normalized spacial score (nSPS) is 24.6. The van der Waals surface area contributed by atoms with E-state index in [0.29, 0.717) is 44.9 Å². The van der Waals surface area contributed by atoms with E-state index in [1.165, 1.54) is 29.5 Å². The summed E-state index contributed by atoms with van der Waals surface area (Å²) < 4.78 is 92.7. The van der Waals surface area contributed by atoms with Crippen LogP contribution in [0, 0.1) is 26.4 Å². The molecule has 3 saturated carbocycles. The van der Waals surface area contributed by atoms with E-state index in [1.54, 1.807) is 30.5 Å². The first kappa shape index (κ1) is 44.9. The van der Waals surface area contributed by atoms with E-state index in [2.05, 4.69) is 38.9 Å². The van der Waals surface area contributed by atoms with Gasteiger partial charge in [0.25, 0.3) is 21.6 Å². The Bertz CT molecular complexity index is 2650. The number of fused-ring (bicyclic) bond motifs is 1. The summed E-state index contributed by atoms with van der Waals surface area (Å²) >= 11 is 0. The molecule has 0 radical (unpaired) electrons. The minimum absolute atomic E-state index is 0.0451. The summed E-state index contributed by atoms with van der Waals surface area (Å²) in [4.78, 5) is 38.6. The number of amides is 1. The van der Waals surface area contributed by atoms with Gasteiger partial charge in [0, 0.05) is 81.8 Å². The number of nitrogens with one attached hydrogen (secondary N) is 3. The molecule has 2 aliphatic heterocycles. The van der Waals surface area contributed by atoms with Gasteiger partial charge in [0.05, 0.1) is 27.0 Å². The maximum Gasteiger partial charge on any atom is 0.394 e. The number of nitrogens with zero attached hydrogens (tertiary/aromatic N) is 5. The Morgan fingerprint density at radius 1 is 0.985 bits per heavy atom. The van der Waals surface area contributed by atoms with Crippen molar-refractivity contribution in [2.45, 2.75) is 82.0 Å². The van der Waals surface area contributed by atoms with Crippen LogP contribution in [0.4, 0.5) is 34.6 Å². The van der Waals surface area contributed by atoms with Crippen LogP contribution in [0.1, 0.15) is 75.6 Å². The SMILES string of the molecule is CN1CCC(F)(CNc2ccc(S(=O)(=O)NC(=O)c3ccc(N4CCN(CC5=C(C67CC(C(F)(F)F)(C6)C7)CC(C)(C)CC5)CC4)cc3Oc3cnc4[nH]ccc4c3)cc2[N+](=O)[O-])CC1. The van der Waals surface area contributed by atoms with E-state index in [9.17, 15) is 36.5 Å². The number of likely N-dealkylation sites (tertiary alicyclic amines) is 1. The van der Waals surface area contributed by atoms with Gasteiger partial charge in [-0.2, -0.15) is 13.2 Å². The monoisotopic (exact) mass is 922 g/mol. The van der Waals surface area contributed by atoms with Gasteiger partial charge in [-0.3, -0.25) is 19.8 Å². The third-order valence-corrected chi connectivity index (χ3v) is 15.9. The van der Waals surface area contributed by atoms with Gasteiger partial charge in [0.15, 0.2) is 0 Å². The number of nitro benzene ring substituents is 1. The molecule has 1 amide bonds. The largest absolute Gasteiger partial charge is 0.455 e. The number of benzene rings is 2. The molecular weight excluding hydrogens is 869 g/mol. The molecule has 2 bridgehead atoms. The first-order valence-corrected chi connectivity index (χ1v) is 23.6. The Kier molecular flexibility index (Phi) is 11.2. The quantitative estimate of drug-likeness (QED) is 0.0509. The number of hydrogen-bond acceptors (Lipinski definition) is 11. The summed E-state index contributed by atoms with van der Waals surface area (Å²) in [5.41, 5.74) is -0.240. The number of pyridine rings is 1. The number of alkyl halides is 4. The minimum Gasteiger partial charge on any atom is -0.455 e. The van der Waals surface area contributed by atoms with E-state index in [1.807, 2.05) is 16.7 Å². The predicted octanol–water partition coefficient (Wildman–Crippen LogP) is 8.59. The van der Waals surface area contributed by atoms with Crippen molar-refractivity contribution in [3.05, 3.63) is 87.7 Å². The molecule has 0 unspecified atom stereocenters. The van der Waals surface area contributed by atoms with Gasteiger partial charge in [0.2, 0.25) is 0 Å². The van der Waals surface area contributed by atoms with Crippen molar-refractivity contribution in [2.75, 3.05) is 69.6 Å². The lowest BCUT2D eigenvalue weighted by Crippen LogP contribution is -2.69. The first-order chi connectivity index (χ1) is 30.6. The maximum atomic E-state index is 15.5. The number of carbonyl (C=O) groups excluding carboxylic acids is 1. The number of halogens is 4. The molecule has 0 spiro atoms. The van der Waals surface area contributed by atoms with Gasteiger partial charge in [-0.25, -0.2) is 22.5 Å². The number of piperazine rings is 1. The molecule has 65 heavy (non-hydrogen) atoms. The number of nitro groups is 1. The van der Waals surface area contributed by atoms with Crippen LogP contribution in [0.5, 0.6) is 11.5 Å². The Labute approximate surface area is 375 Å². The van der Waals surface area contributed by atoms with Crippen LogP contribution in [0.3, 0.4) is 0 Å². The van der Waals surface area contributed by atoms with E-state index >= 15 is 4.39 Å². The molecule has 5 fully saturated rings. The smallest absolute Gasteiger partial charge is 0.394 e. The van der Waals surface area contributed by atoms with Crippen LogP contribution >= 0.6 is 0 Å². The van der Waals surface area contributed by atoms with Gasteiger partial charge >= 0.3 is 6.18 Å². The lowest BCUT2D eigenvalue weighted by molar-refractivity contribution is -0.384. The lowest BCUT2D eigenvalue weighted by atomic mass is 9.31. The molecule has 19 heteroatoms. The van der Waals surface area contributed by atoms with Crippen LogP contribution < -0.4 is 19.7 Å². The molecule has 348 valence electrons. The van der Waals surface area contributed by atoms with Crippen LogP contribution in [0.2, 0.25) is 0 Å². The molecule has 2 aromatic heterocycles. The number of H-pyrrole nitrogens is 1. The number of carbonyl (C=O) groups is 1. The van der Waals surface area contributed by atoms with Crippen LogP contribution in [0.15, 0.2) is 77.0 Å². The summed E-state index contributed by atoms with van der Waals surface area (Å²) in [6, 6.07) is 11.5. The van der Waals surface area contributed by atoms with Gasteiger partial charge in [-0.1, -0.05) is 25.0 Å². The van der Waals surface area contributed by atoms with Crippen molar-refractivity contribution in [3.8, 4) is 11.5 Å². The van der Waals surface area contributed by atoms with Crippen molar-refractivity contribution in [1.82, 2.24) is 24.5 Å². The van der Waals surface area contributed by atoms with E-state index in [4.69, 9.17) is 4.74 Å². The number of sulfonamides is 1. The van der Waals surface area contributed by atoms with Gasteiger partial charge in [0.1, 0.15) is 28.5 Å². The molecule has 4 heterocycles. The molecule has 2 saturated heterocycles. The number of anilines is 2. The Hall–Kier alpha value is -5.27. The lowest BCUT2D eigenvalue weighted by Gasteiger charge is -2.72. The molecule has 4 aromatic rings. The second-order valence-corrected chi connectivity index (χ2v) is 21.5. The highest BCUT2D eigenvalue weighted by Crippen LogP contribution is 2.82. The zero-order chi connectivity index (χ0) is 46.2. The van der Waals surface area contributed by atoms with Gasteiger partial charge in [-0.05, 0) is 106 Å². The summed E-state index contributed by atoms with van der Waals surface area (Å²) in [6.45, 7) is 8.61. The molecule has 3 N–H and O–H groups in total. The topological polar surface area (TPSA) is 166 Å². The number of allylic oxidation sites excluding steroid dienone is 1. The van der Waals surface area contributed by atoms with Crippen LogP contribution in [-0.4, -0.2) is 110 Å². The summed E-state index contributed by atoms with van der Waals surface area (Å²) in [7, 11) is -2.78. The molecule has 4 aliphatic carbocycles. The molecule has 2 aromatic carbocycles. The third kappa shape index (κ3) is 8.78. The van der Waals surface area contributed by atoms with Crippen molar-refractivity contribution < 1.29 is 40.4 Å². The zero-order valence-electron chi connectivity index (χ0n) is 36.7. The molecule has 14 nitrogen and oxygen atoms in total. The van der Waals surface area contributed by atoms with Crippen LogP contribution in [0.25, 0.3) is 11.0 Å². The van der Waals surface area contributed by atoms with Crippen molar-refractivity contribution in [2.24, 2.45) is 16.2 Å². The Morgan fingerprint density at radius 2 is 1.71 bits per heavy atom. The number of hydrogen-bond donors (Lipinski definition) is 3. The molecule has 0 atom stereocenters. The molecule has 6 aliphatic rings. The van der Waals surface area contributed by atoms with Crippen molar-refractivity contribution in [3.63, 3.8) is 0 Å². The summed E-state index contributed by atoms with van der Waals surface area (Å²) in [6.07, 6.45) is 2.85. The Balaban J connectivity index is 0.915. The highest BCUT2D eigenvalue weighted by atomic mass is 32.2. The highest BCUT2D eigenvalue weighted by molar-refractivity contribution is 7.90. The maximum absolute atomic E-state index is 15.5. The summed E-state index contributed by atoms with van der Waals surface area (Å²) in [5, 5.41) is 15.7. The second kappa shape index (κ2) is 16.3.